The molecule has 21 heavy (non-hydrogen) atoms. The predicted molar refractivity (Wildman–Crippen MR) is 81.1 cm³/mol. The van der Waals surface area contributed by atoms with Gasteiger partial charge in [0.2, 0.25) is 5.95 Å². The molecular formula is C14H19N5O2. The van der Waals surface area contributed by atoms with Crippen molar-refractivity contribution < 1.29 is 4.74 Å². The number of hydrogen-bond donors (Lipinski definition) is 2. The van der Waals surface area contributed by atoms with E-state index >= 15 is 0 Å². The summed E-state index contributed by atoms with van der Waals surface area (Å²) in [6.45, 7) is 4.59. The van der Waals surface area contributed by atoms with E-state index in [-0.39, 0.29) is 5.56 Å². The molecule has 7 nitrogen and oxygen atoms in total. The predicted octanol–water partition coefficient (Wildman–Crippen LogP) is 0.0143. The van der Waals surface area contributed by atoms with Crippen LogP contribution >= 0.6 is 0 Å². The summed E-state index contributed by atoms with van der Waals surface area (Å²) in [5.74, 6) is 5.91. The van der Waals surface area contributed by atoms with E-state index in [1.165, 1.54) is 0 Å². The molecular weight excluding hydrogens is 270 g/mol. The summed E-state index contributed by atoms with van der Waals surface area (Å²) in [6, 6.07) is 7.29. The molecule has 0 aliphatic carbocycles. The zero-order valence-corrected chi connectivity index (χ0v) is 11.8. The van der Waals surface area contributed by atoms with Gasteiger partial charge in [0.1, 0.15) is 0 Å². The summed E-state index contributed by atoms with van der Waals surface area (Å²) in [7, 11) is 0. The van der Waals surface area contributed by atoms with Gasteiger partial charge >= 0.3 is 0 Å². The highest BCUT2D eigenvalue weighted by Crippen LogP contribution is 2.10. The van der Waals surface area contributed by atoms with E-state index in [1.54, 1.807) is 10.6 Å². The van der Waals surface area contributed by atoms with Gasteiger partial charge in [-0.25, -0.2) is 10.8 Å². The van der Waals surface area contributed by atoms with Gasteiger partial charge in [0.15, 0.2) is 0 Å². The summed E-state index contributed by atoms with van der Waals surface area (Å²) < 4.78 is 6.92. The molecule has 0 unspecified atom stereocenters. The molecule has 0 amide bonds. The highest BCUT2D eigenvalue weighted by molar-refractivity contribution is 5.78. The third-order valence-corrected chi connectivity index (χ3v) is 3.73. The summed E-state index contributed by atoms with van der Waals surface area (Å²) in [4.78, 5) is 19.2. The van der Waals surface area contributed by atoms with Crippen molar-refractivity contribution in [3.05, 3.63) is 34.6 Å². The third-order valence-electron chi connectivity index (χ3n) is 3.73. The molecule has 1 aromatic heterocycles. The highest BCUT2D eigenvalue weighted by atomic mass is 16.5. The van der Waals surface area contributed by atoms with Crippen molar-refractivity contribution in [1.29, 1.82) is 0 Å². The molecule has 0 atom stereocenters. The normalized spacial score (nSPS) is 16.2. The number of nitrogens with one attached hydrogen (secondary N) is 1. The Kier molecular flexibility index (Phi) is 4.14. The van der Waals surface area contributed by atoms with Gasteiger partial charge < -0.3 is 4.74 Å². The van der Waals surface area contributed by atoms with Crippen molar-refractivity contribution in [1.82, 2.24) is 14.5 Å². The van der Waals surface area contributed by atoms with E-state index in [0.717, 1.165) is 32.8 Å². The van der Waals surface area contributed by atoms with Crippen LogP contribution in [0, 0.1) is 0 Å². The van der Waals surface area contributed by atoms with E-state index in [9.17, 15) is 4.79 Å². The van der Waals surface area contributed by atoms with Gasteiger partial charge in [-0.2, -0.15) is 0 Å². The lowest BCUT2D eigenvalue weighted by atomic mass is 10.2. The lowest BCUT2D eigenvalue weighted by Crippen LogP contribution is -2.40. The second-order valence-corrected chi connectivity index (χ2v) is 5.01. The number of aromatic nitrogens is 2. The largest absolute Gasteiger partial charge is 0.379 e. The number of nitrogens with zero attached hydrogens (tertiary/aromatic N) is 3. The first-order chi connectivity index (χ1) is 10.3. The molecule has 1 saturated heterocycles. The van der Waals surface area contributed by atoms with Crippen LogP contribution in [0.4, 0.5) is 5.95 Å². The molecule has 112 valence electrons. The third kappa shape index (κ3) is 2.90. The van der Waals surface area contributed by atoms with Crippen LogP contribution in [-0.2, 0) is 11.3 Å². The molecule has 2 aromatic rings. The molecule has 1 aliphatic heterocycles. The van der Waals surface area contributed by atoms with Gasteiger partial charge in [0, 0.05) is 26.2 Å². The topological polar surface area (TPSA) is 85.4 Å². The maximum Gasteiger partial charge on any atom is 0.262 e. The first-order valence-corrected chi connectivity index (χ1v) is 7.06. The van der Waals surface area contributed by atoms with Crippen LogP contribution in [-0.4, -0.2) is 47.3 Å². The molecule has 2 heterocycles. The van der Waals surface area contributed by atoms with E-state index < -0.39 is 0 Å². The molecule has 0 spiro atoms. The SMILES string of the molecule is NNc1nc2ccccc2c(=O)n1CCN1CCOCC1. The molecule has 0 radical (unpaired) electrons. The van der Waals surface area contributed by atoms with Crippen LogP contribution in [0.3, 0.4) is 0 Å². The molecule has 7 heteroatoms. The summed E-state index contributed by atoms with van der Waals surface area (Å²) in [6.07, 6.45) is 0. The van der Waals surface area contributed by atoms with Crippen LogP contribution in [0.15, 0.2) is 29.1 Å². The lowest BCUT2D eigenvalue weighted by Gasteiger charge is -2.27. The molecule has 3 rings (SSSR count). The Hall–Kier alpha value is -1.96. The average Bonchev–Trinajstić information content (AvgIpc) is 2.55. The Morgan fingerprint density at radius 1 is 1.24 bits per heavy atom. The van der Waals surface area contributed by atoms with Crippen molar-refractivity contribution in [2.24, 2.45) is 5.84 Å². The smallest absolute Gasteiger partial charge is 0.262 e. The summed E-state index contributed by atoms with van der Waals surface area (Å²) in [5, 5.41) is 0.610. The molecule has 3 N–H and O–H groups in total. The minimum atomic E-state index is -0.0678. The Morgan fingerprint density at radius 3 is 2.76 bits per heavy atom. The van der Waals surface area contributed by atoms with E-state index in [1.807, 2.05) is 18.2 Å². The van der Waals surface area contributed by atoms with Crippen molar-refractivity contribution >= 4 is 16.9 Å². The number of benzene rings is 1. The first-order valence-electron chi connectivity index (χ1n) is 7.06. The van der Waals surface area contributed by atoms with E-state index in [0.29, 0.717) is 23.4 Å². The standard InChI is InChI=1S/C14H19N5O2/c15-17-14-16-12-4-2-1-3-11(12)13(20)19(14)6-5-18-7-9-21-10-8-18/h1-4H,5-10,15H2,(H,16,17). The Morgan fingerprint density at radius 2 is 2.00 bits per heavy atom. The lowest BCUT2D eigenvalue weighted by molar-refractivity contribution is 0.0363. The molecule has 0 saturated carbocycles. The van der Waals surface area contributed by atoms with Crippen molar-refractivity contribution in [2.75, 3.05) is 38.3 Å². The maximum atomic E-state index is 12.6. The fraction of sp³-hybridized carbons (Fsp3) is 0.429. The number of nitrogens with two attached hydrogens (primary N) is 1. The molecule has 1 aliphatic rings. The zero-order chi connectivity index (χ0) is 14.7. The first kappa shape index (κ1) is 14.0. The molecule has 1 fully saturated rings. The van der Waals surface area contributed by atoms with Gasteiger partial charge in [0.25, 0.3) is 5.56 Å². The van der Waals surface area contributed by atoms with Crippen LogP contribution in [0.5, 0.6) is 0 Å². The number of hydrazine groups is 1. The second-order valence-electron chi connectivity index (χ2n) is 5.01. The van der Waals surface area contributed by atoms with E-state index in [2.05, 4.69) is 15.3 Å². The van der Waals surface area contributed by atoms with Crippen LogP contribution in [0.25, 0.3) is 10.9 Å². The van der Waals surface area contributed by atoms with Crippen molar-refractivity contribution in [3.8, 4) is 0 Å². The van der Waals surface area contributed by atoms with Crippen molar-refractivity contribution in [3.63, 3.8) is 0 Å². The number of anilines is 1. The van der Waals surface area contributed by atoms with Crippen LogP contribution < -0.4 is 16.8 Å². The number of hydrogen-bond acceptors (Lipinski definition) is 6. The number of rotatable bonds is 4. The van der Waals surface area contributed by atoms with Gasteiger partial charge in [-0.1, -0.05) is 12.1 Å². The Balaban J connectivity index is 1.89. The number of para-hydroxylation sites is 1. The molecule has 0 bridgehead atoms. The number of nitrogen functional groups attached to an aromatic ring is 1. The van der Waals surface area contributed by atoms with Gasteiger partial charge in [0.05, 0.1) is 24.1 Å². The maximum absolute atomic E-state index is 12.6. The van der Waals surface area contributed by atoms with Gasteiger partial charge in [-0.3, -0.25) is 19.7 Å². The average molecular weight is 289 g/mol. The van der Waals surface area contributed by atoms with E-state index in [4.69, 9.17) is 10.6 Å². The number of fused-ring (bicyclic) bond motifs is 1. The Bertz CT molecular complexity index is 679. The second kappa shape index (κ2) is 6.21. The van der Waals surface area contributed by atoms with Crippen LogP contribution in [0.2, 0.25) is 0 Å². The summed E-state index contributed by atoms with van der Waals surface area (Å²) in [5.41, 5.74) is 3.11. The Labute approximate surface area is 122 Å². The van der Waals surface area contributed by atoms with Crippen molar-refractivity contribution in [2.45, 2.75) is 6.54 Å². The fourth-order valence-corrected chi connectivity index (χ4v) is 2.55. The fourth-order valence-electron chi connectivity index (χ4n) is 2.55. The van der Waals surface area contributed by atoms with Gasteiger partial charge in [-0.15, -0.1) is 0 Å². The highest BCUT2D eigenvalue weighted by Gasteiger charge is 2.13. The van der Waals surface area contributed by atoms with Crippen LogP contribution in [0.1, 0.15) is 0 Å². The number of ether oxygens (including phenoxy) is 1. The monoisotopic (exact) mass is 289 g/mol. The minimum absolute atomic E-state index is 0.0678. The zero-order valence-electron chi connectivity index (χ0n) is 11.8. The minimum Gasteiger partial charge on any atom is -0.379 e. The summed E-state index contributed by atoms with van der Waals surface area (Å²) >= 11 is 0. The molecule has 1 aromatic carbocycles. The number of morpholine rings is 1. The quantitative estimate of drug-likeness (QED) is 0.609. The van der Waals surface area contributed by atoms with Gasteiger partial charge in [-0.05, 0) is 12.1 Å².